The third-order valence-corrected chi connectivity index (χ3v) is 5.76. The second-order valence-corrected chi connectivity index (χ2v) is 8.85. The summed E-state index contributed by atoms with van der Waals surface area (Å²) in [6, 6.07) is 0.0945. The number of anilines is 1. The van der Waals surface area contributed by atoms with Crippen LogP contribution in [0.1, 0.15) is 33.4 Å². The molecule has 5 atom stereocenters. The molecule has 2 saturated heterocycles. The lowest BCUT2D eigenvalue weighted by atomic mass is 10.1. The molecule has 34 heavy (non-hydrogen) atoms. The van der Waals surface area contributed by atoms with Crippen LogP contribution in [0.25, 0.3) is 11.2 Å². The van der Waals surface area contributed by atoms with Gasteiger partial charge in [0.15, 0.2) is 39.2 Å². The number of esters is 3. The molecule has 0 amide bonds. The van der Waals surface area contributed by atoms with Gasteiger partial charge < -0.3 is 29.0 Å². The number of nitrogens with one attached hydrogen (secondary N) is 1. The van der Waals surface area contributed by atoms with Gasteiger partial charge in [-0.3, -0.25) is 19.0 Å². The molecule has 2 aromatic heterocycles. The van der Waals surface area contributed by atoms with E-state index < -0.39 is 42.4 Å². The van der Waals surface area contributed by atoms with Crippen LogP contribution >= 0.6 is 22.6 Å². The molecule has 13 nitrogen and oxygen atoms in total. The summed E-state index contributed by atoms with van der Waals surface area (Å²) in [6.45, 7) is 4.75. The monoisotopic (exact) mass is 589 g/mol. The summed E-state index contributed by atoms with van der Waals surface area (Å²) in [6.07, 6.45) is -1.55. The number of hydrogen-bond donors (Lipinski definition) is 1. The number of rotatable bonds is 7. The van der Waals surface area contributed by atoms with E-state index in [2.05, 4.69) is 20.3 Å². The summed E-state index contributed by atoms with van der Waals surface area (Å²) in [5, 5.41) is 3.34. The first-order valence-electron chi connectivity index (χ1n) is 10.6. The van der Waals surface area contributed by atoms with Crippen molar-refractivity contribution in [1.82, 2.24) is 19.5 Å². The summed E-state index contributed by atoms with van der Waals surface area (Å²) in [7, 11) is 0. The molecule has 1 N–H and O–H groups in total. The van der Waals surface area contributed by atoms with Crippen molar-refractivity contribution in [1.29, 1.82) is 0 Å². The van der Waals surface area contributed by atoms with Gasteiger partial charge >= 0.3 is 17.9 Å². The maximum atomic E-state index is 11.9. The van der Waals surface area contributed by atoms with Gasteiger partial charge in [0.2, 0.25) is 0 Å². The Bertz CT molecular complexity index is 1090. The lowest BCUT2D eigenvalue weighted by Gasteiger charge is -2.23. The van der Waals surface area contributed by atoms with Crippen LogP contribution in [0.5, 0.6) is 0 Å². The number of hydrogen-bond acceptors (Lipinski definition) is 12. The SMILES string of the molecule is CC(=O)OCC1OC(n2cnc3c(NC4CCOC4)nc(I)nc32)C(OC(C)=O)C1OC(C)=O. The highest BCUT2D eigenvalue weighted by Crippen LogP contribution is 2.36. The van der Waals surface area contributed by atoms with Gasteiger partial charge in [0.05, 0.1) is 19.0 Å². The number of carbonyl (C=O) groups excluding carboxylic acids is 3. The van der Waals surface area contributed by atoms with Gasteiger partial charge in [0.1, 0.15) is 12.7 Å². The zero-order valence-electron chi connectivity index (χ0n) is 18.7. The number of aromatic nitrogens is 4. The maximum absolute atomic E-state index is 11.9. The van der Waals surface area contributed by atoms with Crippen molar-refractivity contribution >= 4 is 57.5 Å². The Labute approximate surface area is 208 Å². The first-order valence-corrected chi connectivity index (χ1v) is 11.7. The van der Waals surface area contributed by atoms with Crippen molar-refractivity contribution < 1.29 is 38.1 Å². The Kier molecular flexibility index (Phi) is 7.47. The van der Waals surface area contributed by atoms with E-state index in [1.54, 1.807) is 4.57 Å². The average Bonchev–Trinajstić information content (AvgIpc) is 3.46. The molecule has 4 heterocycles. The molecule has 5 unspecified atom stereocenters. The molecule has 2 aliphatic rings. The Morgan fingerprint density at radius 1 is 1.15 bits per heavy atom. The topological polar surface area (TPSA) is 153 Å². The van der Waals surface area contributed by atoms with E-state index in [0.29, 0.717) is 34.0 Å². The molecule has 0 saturated carbocycles. The van der Waals surface area contributed by atoms with Crippen LogP contribution in [0, 0.1) is 3.83 Å². The Hall–Kier alpha value is -2.59. The van der Waals surface area contributed by atoms with Crippen molar-refractivity contribution in [2.45, 2.75) is 57.8 Å². The highest BCUT2D eigenvalue weighted by molar-refractivity contribution is 14.1. The Morgan fingerprint density at radius 3 is 2.53 bits per heavy atom. The van der Waals surface area contributed by atoms with Crippen molar-refractivity contribution in [3.8, 4) is 0 Å². The second-order valence-electron chi connectivity index (χ2n) is 7.89. The van der Waals surface area contributed by atoms with E-state index in [1.165, 1.54) is 27.1 Å². The highest BCUT2D eigenvalue weighted by Gasteiger charge is 2.51. The second kappa shape index (κ2) is 10.4. The molecule has 0 bridgehead atoms. The third kappa shape index (κ3) is 5.38. The molecule has 0 spiro atoms. The number of ether oxygens (including phenoxy) is 5. The highest BCUT2D eigenvalue weighted by atomic mass is 127. The molecular weight excluding hydrogens is 565 g/mol. The van der Waals surface area contributed by atoms with E-state index in [0.717, 1.165) is 6.42 Å². The van der Waals surface area contributed by atoms with Crippen LogP contribution in [0.3, 0.4) is 0 Å². The summed E-state index contributed by atoms with van der Waals surface area (Å²) in [5.74, 6) is -1.18. The zero-order chi connectivity index (χ0) is 24.4. The summed E-state index contributed by atoms with van der Waals surface area (Å²) >= 11 is 2.00. The molecule has 0 radical (unpaired) electrons. The fourth-order valence-corrected chi connectivity index (χ4v) is 4.40. The van der Waals surface area contributed by atoms with Crippen molar-refractivity contribution in [2.75, 3.05) is 25.1 Å². The fourth-order valence-electron chi connectivity index (χ4n) is 3.94. The minimum atomic E-state index is -1.04. The largest absolute Gasteiger partial charge is 0.463 e. The number of nitrogens with zero attached hydrogens (tertiary/aromatic N) is 4. The van der Waals surface area contributed by atoms with Gasteiger partial charge in [-0.25, -0.2) is 15.0 Å². The van der Waals surface area contributed by atoms with Crippen LogP contribution < -0.4 is 5.32 Å². The molecule has 2 fully saturated rings. The molecule has 2 aromatic rings. The summed E-state index contributed by atoms with van der Waals surface area (Å²) in [4.78, 5) is 48.5. The minimum Gasteiger partial charge on any atom is -0.463 e. The quantitative estimate of drug-likeness (QED) is 0.212. The van der Waals surface area contributed by atoms with Gasteiger partial charge in [-0.05, 0) is 6.42 Å². The van der Waals surface area contributed by atoms with Gasteiger partial charge in [0, 0.05) is 50.0 Å². The molecule has 2 aliphatic heterocycles. The van der Waals surface area contributed by atoms with E-state index in [1.807, 2.05) is 22.6 Å². The van der Waals surface area contributed by atoms with Crippen molar-refractivity contribution in [3.63, 3.8) is 0 Å². The Balaban J connectivity index is 1.71. The third-order valence-electron chi connectivity index (χ3n) is 5.28. The number of imidazole rings is 1. The van der Waals surface area contributed by atoms with Crippen molar-refractivity contribution in [2.24, 2.45) is 0 Å². The van der Waals surface area contributed by atoms with Gasteiger partial charge in [-0.15, -0.1) is 0 Å². The predicted octanol–water partition coefficient (Wildman–Crippen LogP) is 0.956. The smallest absolute Gasteiger partial charge is 0.303 e. The predicted molar refractivity (Wildman–Crippen MR) is 123 cm³/mol. The Morgan fingerprint density at radius 2 is 1.88 bits per heavy atom. The molecule has 4 rings (SSSR count). The average molecular weight is 589 g/mol. The van der Waals surface area contributed by atoms with Crippen LogP contribution in [-0.4, -0.2) is 81.6 Å². The first kappa shape index (κ1) is 24.5. The molecular formula is C20H24IN5O8. The molecule has 0 aromatic carbocycles. The number of fused-ring (bicyclic) bond motifs is 1. The van der Waals surface area contributed by atoms with Crippen LogP contribution in [0.15, 0.2) is 6.33 Å². The van der Waals surface area contributed by atoms with E-state index in [9.17, 15) is 14.4 Å². The lowest BCUT2D eigenvalue weighted by Crippen LogP contribution is -2.40. The minimum absolute atomic E-state index is 0.0945. The molecule has 14 heteroatoms. The van der Waals surface area contributed by atoms with E-state index in [-0.39, 0.29) is 12.6 Å². The zero-order valence-corrected chi connectivity index (χ0v) is 20.9. The first-order chi connectivity index (χ1) is 16.2. The van der Waals surface area contributed by atoms with Crippen LogP contribution in [-0.2, 0) is 38.1 Å². The fraction of sp³-hybridized carbons (Fsp3) is 0.600. The maximum Gasteiger partial charge on any atom is 0.303 e. The summed E-state index contributed by atoms with van der Waals surface area (Å²) < 4.78 is 29.6. The number of carbonyl (C=O) groups is 3. The van der Waals surface area contributed by atoms with Crippen LogP contribution in [0.2, 0.25) is 0 Å². The van der Waals surface area contributed by atoms with Crippen molar-refractivity contribution in [3.05, 3.63) is 10.2 Å². The van der Waals surface area contributed by atoms with Crippen LogP contribution in [0.4, 0.5) is 5.82 Å². The lowest BCUT2D eigenvalue weighted by molar-refractivity contribution is -0.166. The van der Waals surface area contributed by atoms with E-state index in [4.69, 9.17) is 23.7 Å². The van der Waals surface area contributed by atoms with Gasteiger partial charge in [-0.1, -0.05) is 0 Å². The van der Waals surface area contributed by atoms with Gasteiger partial charge in [0.25, 0.3) is 0 Å². The van der Waals surface area contributed by atoms with E-state index >= 15 is 0 Å². The summed E-state index contributed by atoms with van der Waals surface area (Å²) in [5.41, 5.74) is 0.919. The van der Waals surface area contributed by atoms with Gasteiger partial charge in [-0.2, -0.15) is 0 Å². The number of halogens is 1. The molecule has 0 aliphatic carbocycles. The molecule has 184 valence electrons. The normalized spacial score (nSPS) is 26.4. The standard InChI is InChI=1S/C20H24IN5O8/c1-9(27)31-7-13-15(32-10(2)28)16(33-11(3)29)19(34-13)26-8-22-14-17(23-12-4-5-30-6-12)24-20(21)25-18(14)26/h8,12-13,15-16,19H,4-7H2,1-3H3,(H,23,24,25).